The van der Waals surface area contributed by atoms with Gasteiger partial charge in [-0.15, -0.1) is 0 Å². The third-order valence-electron chi connectivity index (χ3n) is 6.36. The van der Waals surface area contributed by atoms with Crippen LogP contribution in [0.1, 0.15) is 44.8 Å². The Morgan fingerprint density at radius 1 is 0.892 bits per heavy atom. The zero-order chi connectivity index (χ0) is 26.4. The van der Waals surface area contributed by atoms with E-state index < -0.39 is 12.0 Å². The summed E-state index contributed by atoms with van der Waals surface area (Å²) >= 11 is 0. The van der Waals surface area contributed by atoms with Gasteiger partial charge >= 0.3 is 5.97 Å². The lowest BCUT2D eigenvalue weighted by molar-refractivity contribution is 0.0579. The maximum Gasteiger partial charge on any atom is 0.337 e. The first-order valence-corrected chi connectivity index (χ1v) is 12.1. The van der Waals surface area contributed by atoms with Crippen molar-refractivity contribution in [3.8, 4) is 23.0 Å². The van der Waals surface area contributed by atoms with Crippen molar-refractivity contribution in [3.05, 3.63) is 82.9 Å². The van der Waals surface area contributed by atoms with E-state index in [1.54, 1.807) is 50.6 Å². The lowest BCUT2D eigenvalue weighted by Gasteiger charge is -2.38. The normalized spacial score (nSPS) is 14.4. The largest absolute Gasteiger partial charge is 0.493 e. The molecule has 3 aromatic carbocycles. The number of hydrogen-bond donors (Lipinski definition) is 0. The van der Waals surface area contributed by atoms with Gasteiger partial charge in [0.25, 0.3) is 5.91 Å². The van der Waals surface area contributed by atoms with Gasteiger partial charge in [0, 0.05) is 6.54 Å². The second kappa shape index (κ2) is 11.7. The molecule has 8 heteroatoms. The second-order valence-corrected chi connectivity index (χ2v) is 8.43. The van der Waals surface area contributed by atoms with Crippen LogP contribution in [0.2, 0.25) is 0 Å². The molecule has 0 N–H and O–H groups in total. The molecule has 0 saturated carbocycles. The van der Waals surface area contributed by atoms with Gasteiger partial charge in [-0.1, -0.05) is 12.1 Å². The predicted octanol–water partition coefficient (Wildman–Crippen LogP) is 4.71. The van der Waals surface area contributed by atoms with Crippen LogP contribution in [-0.4, -0.2) is 57.9 Å². The minimum Gasteiger partial charge on any atom is -0.493 e. The van der Waals surface area contributed by atoms with Crippen LogP contribution in [0.3, 0.4) is 0 Å². The first-order valence-electron chi connectivity index (χ1n) is 12.1. The van der Waals surface area contributed by atoms with Crippen LogP contribution in [-0.2, 0) is 11.2 Å². The highest BCUT2D eigenvalue weighted by Crippen LogP contribution is 2.39. The fraction of sp³-hybridized carbons (Fsp3) is 0.310. The summed E-state index contributed by atoms with van der Waals surface area (Å²) in [5, 5.41) is 0. The number of rotatable bonds is 9. The van der Waals surface area contributed by atoms with Crippen LogP contribution < -0.4 is 18.9 Å². The molecule has 4 rings (SSSR count). The number of ether oxygens (including phenoxy) is 5. The highest BCUT2D eigenvalue weighted by Gasteiger charge is 2.34. The van der Waals surface area contributed by atoms with Crippen LogP contribution in [0.4, 0.5) is 0 Å². The molecule has 8 nitrogen and oxygen atoms in total. The summed E-state index contributed by atoms with van der Waals surface area (Å²) in [7, 11) is 4.53. The van der Waals surface area contributed by atoms with Crippen molar-refractivity contribution in [2.24, 2.45) is 0 Å². The molecule has 1 atom stereocenters. The number of benzene rings is 3. The van der Waals surface area contributed by atoms with Gasteiger partial charge in [-0.25, -0.2) is 4.79 Å². The van der Waals surface area contributed by atoms with Gasteiger partial charge in [-0.3, -0.25) is 4.79 Å². The Kier molecular flexibility index (Phi) is 8.18. The van der Waals surface area contributed by atoms with Gasteiger partial charge < -0.3 is 28.6 Å². The Hall–Kier alpha value is -4.20. The minimum absolute atomic E-state index is 0.140. The zero-order valence-electron chi connectivity index (χ0n) is 21.5. The second-order valence-electron chi connectivity index (χ2n) is 8.43. The average Bonchev–Trinajstić information content (AvgIpc) is 2.95. The van der Waals surface area contributed by atoms with E-state index in [4.69, 9.17) is 23.7 Å². The number of fused-ring (bicyclic) bond motifs is 1. The van der Waals surface area contributed by atoms with E-state index in [0.717, 1.165) is 11.1 Å². The third-order valence-corrected chi connectivity index (χ3v) is 6.36. The fourth-order valence-corrected chi connectivity index (χ4v) is 4.51. The number of hydrogen-bond acceptors (Lipinski definition) is 7. The zero-order valence-corrected chi connectivity index (χ0v) is 21.5. The summed E-state index contributed by atoms with van der Waals surface area (Å²) < 4.78 is 27.7. The first-order chi connectivity index (χ1) is 18.0. The number of carbonyl (C=O) groups excluding carboxylic acids is 2. The first kappa shape index (κ1) is 25.9. The van der Waals surface area contributed by atoms with Crippen LogP contribution in [0, 0.1) is 0 Å². The molecule has 0 saturated heterocycles. The van der Waals surface area contributed by atoms with Crippen LogP contribution >= 0.6 is 0 Å². The number of amides is 1. The predicted molar refractivity (Wildman–Crippen MR) is 138 cm³/mol. The van der Waals surface area contributed by atoms with Gasteiger partial charge in [-0.2, -0.15) is 0 Å². The molecule has 0 radical (unpaired) electrons. The van der Waals surface area contributed by atoms with Gasteiger partial charge in [0.05, 0.1) is 45.1 Å². The monoisotopic (exact) mass is 505 g/mol. The van der Waals surface area contributed by atoms with Crippen molar-refractivity contribution in [1.29, 1.82) is 0 Å². The molecule has 1 unspecified atom stereocenters. The SMILES string of the molecule is CCOc1ccccc1C(=O)N1CCc2cc(OC)c(OC)cc2C1COc1ccc(C(=O)OC)cc1. The molecule has 0 bridgehead atoms. The van der Waals surface area contributed by atoms with E-state index in [0.29, 0.717) is 53.7 Å². The Morgan fingerprint density at radius 2 is 1.59 bits per heavy atom. The molecule has 194 valence electrons. The Balaban J connectivity index is 1.68. The summed E-state index contributed by atoms with van der Waals surface area (Å²) in [6.07, 6.45) is 0.655. The summed E-state index contributed by atoms with van der Waals surface area (Å²) in [5.74, 6) is 1.78. The Labute approximate surface area is 216 Å². The average molecular weight is 506 g/mol. The van der Waals surface area contributed by atoms with Crippen LogP contribution in [0.25, 0.3) is 0 Å². The van der Waals surface area contributed by atoms with E-state index in [9.17, 15) is 9.59 Å². The van der Waals surface area contributed by atoms with Gasteiger partial charge in [-0.05, 0) is 73.0 Å². The summed E-state index contributed by atoms with van der Waals surface area (Å²) in [4.78, 5) is 27.4. The van der Waals surface area contributed by atoms with E-state index >= 15 is 0 Å². The topological polar surface area (TPSA) is 83.5 Å². The summed E-state index contributed by atoms with van der Waals surface area (Å²) in [6.45, 7) is 3.04. The van der Waals surface area contributed by atoms with Crippen LogP contribution in [0.5, 0.6) is 23.0 Å². The number of methoxy groups -OCH3 is 3. The van der Waals surface area contributed by atoms with Crippen molar-refractivity contribution in [2.75, 3.05) is 41.1 Å². The summed E-state index contributed by atoms with van der Waals surface area (Å²) in [5.41, 5.74) is 2.92. The minimum atomic E-state index is -0.418. The number of nitrogens with zero attached hydrogens (tertiary/aromatic N) is 1. The number of carbonyl (C=O) groups is 2. The van der Waals surface area contributed by atoms with E-state index in [1.165, 1.54) is 7.11 Å². The lowest BCUT2D eigenvalue weighted by atomic mass is 9.91. The van der Waals surface area contributed by atoms with E-state index in [1.807, 2.05) is 36.1 Å². The molecule has 1 amide bonds. The molecule has 1 aliphatic rings. The van der Waals surface area contributed by atoms with Crippen molar-refractivity contribution < 1.29 is 33.3 Å². The Bertz CT molecular complexity index is 1260. The van der Waals surface area contributed by atoms with Crippen molar-refractivity contribution in [3.63, 3.8) is 0 Å². The summed E-state index contributed by atoms with van der Waals surface area (Å²) in [6, 6.07) is 17.4. The smallest absolute Gasteiger partial charge is 0.337 e. The number of para-hydroxylation sites is 1. The molecule has 37 heavy (non-hydrogen) atoms. The molecule has 1 heterocycles. The fourth-order valence-electron chi connectivity index (χ4n) is 4.51. The van der Waals surface area contributed by atoms with E-state index in [2.05, 4.69) is 0 Å². The molecule has 0 fully saturated rings. The molecule has 0 aliphatic carbocycles. The molecular weight excluding hydrogens is 474 g/mol. The molecule has 3 aromatic rings. The maximum atomic E-state index is 13.8. The molecular formula is C29H31NO7. The molecule has 0 aromatic heterocycles. The van der Waals surface area contributed by atoms with Crippen molar-refractivity contribution in [1.82, 2.24) is 4.90 Å². The standard InChI is InChI=1S/C29H31NO7/c1-5-36-25-9-7-6-8-22(25)28(31)30-15-14-20-16-26(33-2)27(34-3)17-23(20)24(30)18-37-21-12-10-19(11-13-21)29(32)35-4/h6-13,16-17,24H,5,14-15,18H2,1-4H3. The lowest BCUT2D eigenvalue weighted by Crippen LogP contribution is -2.42. The maximum absolute atomic E-state index is 13.8. The highest BCUT2D eigenvalue weighted by atomic mass is 16.5. The number of esters is 1. The van der Waals surface area contributed by atoms with Crippen molar-refractivity contribution >= 4 is 11.9 Å². The van der Waals surface area contributed by atoms with Gasteiger partial charge in [0.1, 0.15) is 18.1 Å². The highest BCUT2D eigenvalue weighted by molar-refractivity contribution is 5.97. The van der Waals surface area contributed by atoms with Gasteiger partial charge in [0.15, 0.2) is 11.5 Å². The quantitative estimate of drug-likeness (QED) is 0.390. The van der Waals surface area contributed by atoms with E-state index in [-0.39, 0.29) is 12.5 Å². The van der Waals surface area contributed by atoms with Gasteiger partial charge in [0.2, 0.25) is 0 Å². The Morgan fingerprint density at radius 3 is 2.27 bits per heavy atom. The molecule has 1 aliphatic heterocycles. The third kappa shape index (κ3) is 5.48. The van der Waals surface area contributed by atoms with Crippen molar-refractivity contribution in [2.45, 2.75) is 19.4 Å². The van der Waals surface area contributed by atoms with Crippen LogP contribution in [0.15, 0.2) is 60.7 Å². The molecule has 0 spiro atoms.